The Kier molecular flexibility index (Phi) is 5.86. The van der Waals surface area contributed by atoms with E-state index >= 15 is 0 Å². The van der Waals surface area contributed by atoms with Crippen molar-refractivity contribution in [3.05, 3.63) is 11.3 Å². The van der Waals surface area contributed by atoms with Gasteiger partial charge in [0, 0.05) is 31.5 Å². The Hall–Kier alpha value is -0.870. The van der Waals surface area contributed by atoms with Gasteiger partial charge in [0.2, 0.25) is 0 Å². The van der Waals surface area contributed by atoms with E-state index in [1.807, 2.05) is 6.21 Å². The molecule has 2 heterocycles. The number of aliphatic imine (C=N–C) groups is 1. The van der Waals surface area contributed by atoms with Crippen LogP contribution in [0.5, 0.6) is 0 Å². The summed E-state index contributed by atoms with van der Waals surface area (Å²) in [6.45, 7) is 11.2. The number of hydrazine groups is 1. The molecule has 0 radical (unpaired) electrons. The van der Waals surface area contributed by atoms with E-state index in [4.69, 9.17) is 0 Å². The maximum absolute atomic E-state index is 4.55. The molecule has 2 aliphatic rings. The van der Waals surface area contributed by atoms with Crippen LogP contribution in [0.15, 0.2) is 16.3 Å². The highest BCUT2D eigenvalue weighted by Crippen LogP contribution is 2.08. The minimum atomic E-state index is 0.925. The van der Waals surface area contributed by atoms with Gasteiger partial charge >= 0.3 is 0 Å². The van der Waals surface area contributed by atoms with Crippen LogP contribution in [0.2, 0.25) is 0 Å². The Balaban J connectivity index is 1.69. The highest BCUT2D eigenvalue weighted by atomic mass is 15.5. The summed E-state index contributed by atoms with van der Waals surface area (Å²) in [5, 5.41) is 2.30. The van der Waals surface area contributed by atoms with E-state index in [1.165, 1.54) is 50.0 Å². The molecule has 1 N–H and O–H groups in total. The Morgan fingerprint density at radius 1 is 1.05 bits per heavy atom. The Bertz CT molecular complexity index is 323. The van der Waals surface area contributed by atoms with Crippen molar-refractivity contribution < 1.29 is 0 Å². The first-order valence-electron chi connectivity index (χ1n) is 7.67. The molecule has 2 aliphatic heterocycles. The standard InChI is InChI=1S/C15H28N4/c1-14(15(2)17-19-10-5-6-11-19)13-16-7-12-18-8-3-4-9-18/h13,17H,3-12H2,1-2H3. The molecule has 4 nitrogen and oxygen atoms in total. The van der Waals surface area contributed by atoms with Gasteiger partial charge in [-0.05, 0) is 58.2 Å². The molecule has 0 atom stereocenters. The quantitative estimate of drug-likeness (QED) is 0.745. The number of hydrogen-bond donors (Lipinski definition) is 1. The summed E-state index contributed by atoms with van der Waals surface area (Å²) in [5.41, 5.74) is 5.94. The summed E-state index contributed by atoms with van der Waals surface area (Å²) in [5.74, 6) is 0. The lowest BCUT2D eigenvalue weighted by Gasteiger charge is -2.19. The van der Waals surface area contributed by atoms with Gasteiger partial charge in [0.05, 0.1) is 6.54 Å². The van der Waals surface area contributed by atoms with Crippen LogP contribution in [0.4, 0.5) is 0 Å². The van der Waals surface area contributed by atoms with Crippen LogP contribution in [-0.4, -0.2) is 55.4 Å². The summed E-state index contributed by atoms with van der Waals surface area (Å²) in [6, 6.07) is 0. The molecule has 0 aromatic heterocycles. The first-order valence-corrected chi connectivity index (χ1v) is 7.67. The zero-order chi connectivity index (χ0) is 13.5. The van der Waals surface area contributed by atoms with Gasteiger partial charge in [-0.1, -0.05) is 0 Å². The molecule has 2 saturated heterocycles. The number of likely N-dealkylation sites (tertiary alicyclic amines) is 1. The fourth-order valence-electron chi connectivity index (χ4n) is 2.66. The molecule has 0 unspecified atom stereocenters. The highest BCUT2D eigenvalue weighted by molar-refractivity contribution is 5.78. The lowest BCUT2D eigenvalue weighted by Crippen LogP contribution is -2.34. The predicted octanol–water partition coefficient (Wildman–Crippen LogP) is 2.05. The largest absolute Gasteiger partial charge is 0.323 e. The Morgan fingerprint density at radius 2 is 1.68 bits per heavy atom. The molecule has 2 fully saturated rings. The van der Waals surface area contributed by atoms with E-state index < -0.39 is 0 Å². The van der Waals surface area contributed by atoms with Crippen molar-refractivity contribution >= 4 is 6.21 Å². The van der Waals surface area contributed by atoms with Gasteiger partial charge in [0.25, 0.3) is 0 Å². The van der Waals surface area contributed by atoms with Gasteiger partial charge in [0.1, 0.15) is 0 Å². The van der Waals surface area contributed by atoms with E-state index in [1.54, 1.807) is 0 Å². The first kappa shape index (κ1) is 14.5. The Labute approximate surface area is 117 Å². The van der Waals surface area contributed by atoms with Gasteiger partial charge in [0.15, 0.2) is 0 Å². The third-order valence-electron chi connectivity index (χ3n) is 4.05. The summed E-state index contributed by atoms with van der Waals surface area (Å²) in [4.78, 5) is 7.05. The molecule has 0 bridgehead atoms. The molecular formula is C15H28N4. The Morgan fingerprint density at radius 3 is 2.37 bits per heavy atom. The maximum atomic E-state index is 4.55. The molecule has 0 aromatic carbocycles. The van der Waals surface area contributed by atoms with Crippen LogP contribution in [0, 0.1) is 0 Å². The van der Waals surface area contributed by atoms with Gasteiger partial charge in [-0.25, -0.2) is 5.01 Å². The summed E-state index contributed by atoms with van der Waals surface area (Å²) < 4.78 is 0. The topological polar surface area (TPSA) is 30.9 Å². The van der Waals surface area contributed by atoms with E-state index in [-0.39, 0.29) is 0 Å². The molecular weight excluding hydrogens is 236 g/mol. The second-order valence-electron chi connectivity index (χ2n) is 5.70. The second kappa shape index (κ2) is 7.65. The molecule has 0 amide bonds. The van der Waals surface area contributed by atoms with Crippen molar-refractivity contribution in [3.8, 4) is 0 Å². The van der Waals surface area contributed by atoms with Crippen LogP contribution in [-0.2, 0) is 0 Å². The maximum Gasteiger partial charge on any atom is 0.0516 e. The normalized spacial score (nSPS) is 23.3. The van der Waals surface area contributed by atoms with Crippen molar-refractivity contribution in [3.63, 3.8) is 0 Å². The SMILES string of the molecule is CC(C=NCCN1CCCC1)=C(C)NN1CCCC1. The van der Waals surface area contributed by atoms with Crippen molar-refractivity contribution in [2.75, 3.05) is 39.3 Å². The molecule has 4 heteroatoms. The van der Waals surface area contributed by atoms with Crippen LogP contribution in [0.3, 0.4) is 0 Å². The van der Waals surface area contributed by atoms with Gasteiger partial charge in [-0.15, -0.1) is 0 Å². The van der Waals surface area contributed by atoms with Gasteiger partial charge < -0.3 is 10.3 Å². The van der Waals surface area contributed by atoms with E-state index in [2.05, 4.69) is 34.2 Å². The van der Waals surface area contributed by atoms with Gasteiger partial charge in [-0.2, -0.15) is 0 Å². The first-order chi connectivity index (χ1) is 9.25. The minimum absolute atomic E-state index is 0.925. The zero-order valence-electron chi connectivity index (χ0n) is 12.5. The van der Waals surface area contributed by atoms with E-state index in [0.29, 0.717) is 0 Å². The molecule has 2 rings (SSSR count). The third-order valence-corrected chi connectivity index (χ3v) is 4.05. The number of allylic oxidation sites excluding steroid dienone is 2. The zero-order valence-corrected chi connectivity index (χ0v) is 12.5. The fourth-order valence-corrected chi connectivity index (χ4v) is 2.66. The fraction of sp³-hybridized carbons (Fsp3) is 0.800. The van der Waals surface area contributed by atoms with Crippen molar-refractivity contribution in [2.45, 2.75) is 39.5 Å². The summed E-state index contributed by atoms with van der Waals surface area (Å²) >= 11 is 0. The third kappa shape index (κ3) is 4.96. The minimum Gasteiger partial charge on any atom is -0.323 e. The lowest BCUT2D eigenvalue weighted by atomic mass is 10.3. The van der Waals surface area contributed by atoms with Crippen molar-refractivity contribution in [1.29, 1.82) is 0 Å². The van der Waals surface area contributed by atoms with Crippen LogP contribution >= 0.6 is 0 Å². The number of hydrogen-bond acceptors (Lipinski definition) is 4. The smallest absolute Gasteiger partial charge is 0.0516 e. The van der Waals surface area contributed by atoms with Crippen LogP contribution in [0.1, 0.15) is 39.5 Å². The lowest BCUT2D eigenvalue weighted by molar-refractivity contribution is 0.266. The molecule has 19 heavy (non-hydrogen) atoms. The summed E-state index contributed by atoms with van der Waals surface area (Å²) in [7, 11) is 0. The van der Waals surface area contributed by atoms with E-state index in [9.17, 15) is 0 Å². The highest BCUT2D eigenvalue weighted by Gasteiger charge is 2.11. The number of rotatable bonds is 6. The second-order valence-corrected chi connectivity index (χ2v) is 5.70. The van der Waals surface area contributed by atoms with Crippen LogP contribution in [0.25, 0.3) is 0 Å². The van der Waals surface area contributed by atoms with Crippen LogP contribution < -0.4 is 5.43 Å². The van der Waals surface area contributed by atoms with E-state index in [0.717, 1.165) is 26.2 Å². The molecule has 0 spiro atoms. The predicted molar refractivity (Wildman–Crippen MR) is 81.3 cm³/mol. The summed E-state index contributed by atoms with van der Waals surface area (Å²) in [6.07, 6.45) is 7.37. The molecule has 0 aromatic rings. The number of nitrogens with one attached hydrogen (secondary N) is 1. The van der Waals surface area contributed by atoms with Crippen molar-refractivity contribution in [1.82, 2.24) is 15.3 Å². The number of nitrogens with zero attached hydrogens (tertiary/aromatic N) is 3. The van der Waals surface area contributed by atoms with Crippen molar-refractivity contribution in [2.24, 2.45) is 4.99 Å². The average molecular weight is 264 g/mol. The molecule has 0 aliphatic carbocycles. The molecule has 0 saturated carbocycles. The monoisotopic (exact) mass is 264 g/mol. The molecule has 108 valence electrons. The average Bonchev–Trinajstić information content (AvgIpc) is 3.07. The van der Waals surface area contributed by atoms with Gasteiger partial charge in [-0.3, -0.25) is 4.99 Å².